The number of hydrogen-bond donors (Lipinski definition) is 2. The second-order valence-corrected chi connectivity index (χ2v) is 7.09. The standard InChI is InChI=1S/C18H17N3O2S2/c22-16(9-4-10-19-17(23)13-6-2-1-3-7-13)21-18-20-14(12-25-18)15-8-5-11-24-15/h1-3,5-8,11-12H,4,9-10H2,(H,19,23)(H,20,21,22). The normalized spacial score (nSPS) is 10.4. The van der Waals surface area contributed by atoms with Gasteiger partial charge in [0.2, 0.25) is 5.91 Å². The molecular weight excluding hydrogens is 354 g/mol. The van der Waals surface area contributed by atoms with E-state index < -0.39 is 0 Å². The van der Waals surface area contributed by atoms with Gasteiger partial charge in [-0.15, -0.1) is 22.7 Å². The fraction of sp³-hybridized carbons (Fsp3) is 0.167. The third-order valence-corrected chi connectivity index (χ3v) is 5.08. The largest absolute Gasteiger partial charge is 0.352 e. The number of thiazole rings is 1. The molecule has 2 amide bonds. The zero-order valence-corrected chi connectivity index (χ0v) is 15.0. The summed E-state index contributed by atoms with van der Waals surface area (Å²) in [5.74, 6) is -0.220. The Morgan fingerprint density at radius 3 is 2.64 bits per heavy atom. The third-order valence-electron chi connectivity index (χ3n) is 3.43. The number of nitrogens with one attached hydrogen (secondary N) is 2. The van der Waals surface area contributed by atoms with Crippen LogP contribution in [0.1, 0.15) is 23.2 Å². The Bertz CT molecular complexity index is 829. The lowest BCUT2D eigenvalue weighted by Gasteiger charge is -2.05. The molecule has 3 rings (SSSR count). The van der Waals surface area contributed by atoms with Crippen molar-refractivity contribution in [1.29, 1.82) is 0 Å². The van der Waals surface area contributed by atoms with Crippen LogP contribution in [0.2, 0.25) is 0 Å². The highest BCUT2D eigenvalue weighted by Crippen LogP contribution is 2.28. The molecule has 0 atom stereocenters. The minimum Gasteiger partial charge on any atom is -0.352 e. The summed E-state index contributed by atoms with van der Waals surface area (Å²) in [5.41, 5.74) is 1.50. The van der Waals surface area contributed by atoms with Gasteiger partial charge in [0.05, 0.1) is 10.6 Å². The van der Waals surface area contributed by atoms with E-state index in [2.05, 4.69) is 15.6 Å². The Labute approximate surface area is 153 Å². The van der Waals surface area contributed by atoms with Gasteiger partial charge in [0.1, 0.15) is 0 Å². The van der Waals surface area contributed by atoms with Crippen LogP contribution in [-0.4, -0.2) is 23.3 Å². The summed E-state index contributed by atoms with van der Waals surface area (Å²) in [7, 11) is 0. The summed E-state index contributed by atoms with van der Waals surface area (Å²) in [5, 5.41) is 10.1. The van der Waals surface area contributed by atoms with Gasteiger partial charge in [-0.05, 0) is 30.0 Å². The summed E-state index contributed by atoms with van der Waals surface area (Å²) < 4.78 is 0. The minimum atomic E-state index is -0.124. The van der Waals surface area contributed by atoms with Gasteiger partial charge in [-0.1, -0.05) is 24.3 Å². The summed E-state index contributed by atoms with van der Waals surface area (Å²) in [6.45, 7) is 0.458. The van der Waals surface area contributed by atoms with Crippen LogP contribution in [0.5, 0.6) is 0 Å². The number of carbonyl (C=O) groups excluding carboxylic acids is 2. The van der Waals surface area contributed by atoms with Gasteiger partial charge in [-0.2, -0.15) is 0 Å². The molecule has 0 fully saturated rings. The Balaban J connectivity index is 1.39. The summed E-state index contributed by atoms with van der Waals surface area (Å²) in [6, 6.07) is 13.0. The molecule has 0 saturated carbocycles. The molecule has 0 aliphatic carbocycles. The van der Waals surface area contributed by atoms with E-state index in [1.54, 1.807) is 23.5 Å². The number of thiophene rings is 1. The molecule has 128 valence electrons. The Morgan fingerprint density at radius 1 is 1.04 bits per heavy atom. The number of hydrogen-bond acceptors (Lipinski definition) is 5. The van der Waals surface area contributed by atoms with E-state index >= 15 is 0 Å². The van der Waals surface area contributed by atoms with Crippen molar-refractivity contribution in [2.75, 3.05) is 11.9 Å². The summed E-state index contributed by atoms with van der Waals surface area (Å²) >= 11 is 3.03. The number of amides is 2. The van der Waals surface area contributed by atoms with Crippen molar-refractivity contribution in [2.24, 2.45) is 0 Å². The average molecular weight is 371 g/mol. The van der Waals surface area contributed by atoms with Crippen LogP contribution in [0.15, 0.2) is 53.2 Å². The van der Waals surface area contributed by atoms with Crippen LogP contribution >= 0.6 is 22.7 Å². The molecule has 2 aromatic heterocycles. The fourth-order valence-corrected chi connectivity index (χ4v) is 3.68. The molecule has 0 aliphatic heterocycles. The molecule has 0 bridgehead atoms. The highest BCUT2D eigenvalue weighted by atomic mass is 32.1. The highest BCUT2D eigenvalue weighted by Gasteiger charge is 2.09. The average Bonchev–Trinajstić information content (AvgIpc) is 3.31. The van der Waals surface area contributed by atoms with E-state index in [-0.39, 0.29) is 11.8 Å². The molecule has 0 spiro atoms. The van der Waals surface area contributed by atoms with Gasteiger partial charge in [0.25, 0.3) is 5.91 Å². The van der Waals surface area contributed by atoms with E-state index in [0.717, 1.165) is 10.6 Å². The number of benzene rings is 1. The van der Waals surface area contributed by atoms with Crippen molar-refractivity contribution in [3.63, 3.8) is 0 Å². The first-order chi connectivity index (χ1) is 12.2. The SMILES string of the molecule is O=C(CCCNC(=O)c1ccccc1)Nc1nc(-c2cccs2)cs1. The zero-order valence-electron chi connectivity index (χ0n) is 13.4. The van der Waals surface area contributed by atoms with Gasteiger partial charge in [-0.3, -0.25) is 9.59 Å². The van der Waals surface area contributed by atoms with E-state index in [1.165, 1.54) is 11.3 Å². The van der Waals surface area contributed by atoms with Gasteiger partial charge in [-0.25, -0.2) is 4.98 Å². The van der Waals surface area contributed by atoms with E-state index in [4.69, 9.17) is 0 Å². The molecule has 0 unspecified atom stereocenters. The van der Waals surface area contributed by atoms with E-state index in [1.807, 2.05) is 41.1 Å². The molecule has 25 heavy (non-hydrogen) atoms. The summed E-state index contributed by atoms with van der Waals surface area (Å²) in [6.07, 6.45) is 0.913. The van der Waals surface area contributed by atoms with Crippen LogP contribution in [0.25, 0.3) is 10.6 Å². The van der Waals surface area contributed by atoms with Crippen LogP contribution in [0.3, 0.4) is 0 Å². The van der Waals surface area contributed by atoms with Gasteiger partial charge in [0.15, 0.2) is 5.13 Å². The van der Waals surface area contributed by atoms with Crippen molar-refractivity contribution in [3.05, 3.63) is 58.8 Å². The molecular formula is C18H17N3O2S2. The quantitative estimate of drug-likeness (QED) is 0.616. The van der Waals surface area contributed by atoms with E-state index in [0.29, 0.717) is 30.1 Å². The maximum Gasteiger partial charge on any atom is 0.251 e. The van der Waals surface area contributed by atoms with Crippen molar-refractivity contribution in [2.45, 2.75) is 12.8 Å². The number of aromatic nitrogens is 1. The molecule has 5 nitrogen and oxygen atoms in total. The molecule has 1 aromatic carbocycles. The lowest BCUT2D eigenvalue weighted by molar-refractivity contribution is -0.116. The Hall–Kier alpha value is -2.51. The number of carbonyl (C=O) groups is 2. The second-order valence-electron chi connectivity index (χ2n) is 5.29. The van der Waals surface area contributed by atoms with Crippen molar-refractivity contribution >= 4 is 39.6 Å². The molecule has 3 aromatic rings. The van der Waals surface area contributed by atoms with Crippen LogP contribution in [0.4, 0.5) is 5.13 Å². The Kier molecular flexibility index (Phi) is 5.92. The van der Waals surface area contributed by atoms with Gasteiger partial charge < -0.3 is 10.6 Å². The lowest BCUT2D eigenvalue weighted by Crippen LogP contribution is -2.25. The minimum absolute atomic E-state index is 0.0963. The smallest absolute Gasteiger partial charge is 0.251 e. The van der Waals surface area contributed by atoms with Gasteiger partial charge >= 0.3 is 0 Å². The first-order valence-corrected chi connectivity index (χ1v) is 9.61. The van der Waals surface area contributed by atoms with Gasteiger partial charge in [0, 0.05) is 23.9 Å². The monoisotopic (exact) mass is 371 g/mol. The lowest BCUT2D eigenvalue weighted by atomic mass is 10.2. The maximum absolute atomic E-state index is 12.0. The first-order valence-electron chi connectivity index (χ1n) is 7.85. The van der Waals surface area contributed by atoms with Crippen LogP contribution in [0, 0.1) is 0 Å². The molecule has 0 radical (unpaired) electrons. The van der Waals surface area contributed by atoms with Crippen molar-refractivity contribution < 1.29 is 9.59 Å². The zero-order chi connectivity index (χ0) is 17.5. The Morgan fingerprint density at radius 2 is 1.88 bits per heavy atom. The van der Waals surface area contributed by atoms with E-state index in [9.17, 15) is 9.59 Å². The fourth-order valence-electron chi connectivity index (χ4n) is 2.19. The topological polar surface area (TPSA) is 71.1 Å². The van der Waals surface area contributed by atoms with Crippen molar-refractivity contribution in [1.82, 2.24) is 10.3 Å². The predicted molar refractivity (Wildman–Crippen MR) is 102 cm³/mol. The third kappa shape index (κ3) is 4.98. The number of nitrogens with zero attached hydrogens (tertiary/aromatic N) is 1. The predicted octanol–water partition coefficient (Wildman–Crippen LogP) is 4.02. The molecule has 2 heterocycles. The number of anilines is 1. The molecule has 2 N–H and O–H groups in total. The maximum atomic E-state index is 12.0. The van der Waals surface area contributed by atoms with Crippen LogP contribution < -0.4 is 10.6 Å². The molecule has 7 heteroatoms. The second kappa shape index (κ2) is 8.55. The summed E-state index contributed by atoms with van der Waals surface area (Å²) in [4.78, 5) is 29.3. The first kappa shape index (κ1) is 17.3. The van der Waals surface area contributed by atoms with Crippen LogP contribution in [-0.2, 0) is 4.79 Å². The van der Waals surface area contributed by atoms with Crippen molar-refractivity contribution in [3.8, 4) is 10.6 Å². The number of rotatable bonds is 7. The molecule has 0 aliphatic rings. The highest BCUT2D eigenvalue weighted by molar-refractivity contribution is 7.16. The molecule has 0 saturated heterocycles.